The number of aliphatic hydroxyl groups is 1. The Morgan fingerprint density at radius 3 is 2.80 bits per heavy atom. The number of carboxylic acids is 1. The monoisotopic (exact) mass is 213 g/mol. The predicted octanol–water partition coefficient (Wildman–Crippen LogP) is 0.768. The fourth-order valence-corrected chi connectivity index (χ4v) is 1.83. The van der Waals surface area contributed by atoms with Gasteiger partial charge in [0, 0.05) is 12.1 Å². The van der Waals surface area contributed by atoms with Crippen LogP contribution in [0.25, 0.3) is 0 Å². The lowest BCUT2D eigenvalue weighted by Gasteiger charge is -2.09. The summed E-state index contributed by atoms with van der Waals surface area (Å²) in [5.74, 6) is -0.327. The highest BCUT2D eigenvalue weighted by Crippen LogP contribution is 2.24. The number of rotatable bonds is 5. The summed E-state index contributed by atoms with van der Waals surface area (Å²) in [4.78, 5) is 10.5. The molecule has 0 saturated heterocycles. The van der Waals surface area contributed by atoms with Crippen molar-refractivity contribution in [2.75, 3.05) is 13.1 Å². The van der Waals surface area contributed by atoms with E-state index in [0.29, 0.717) is 18.0 Å². The molecule has 2 unspecified atom stereocenters. The Labute approximate surface area is 90.0 Å². The first-order valence-corrected chi connectivity index (χ1v) is 5.38. The molecule has 1 fully saturated rings. The summed E-state index contributed by atoms with van der Waals surface area (Å²) in [6.45, 7) is 3.04. The van der Waals surface area contributed by atoms with Crippen LogP contribution in [-0.4, -0.2) is 35.4 Å². The number of hydrogen-bond acceptors (Lipinski definition) is 3. The normalized spacial score (nSPS) is 26.9. The van der Waals surface area contributed by atoms with Crippen LogP contribution < -0.4 is 5.32 Å². The van der Waals surface area contributed by atoms with Crippen LogP contribution in [0.15, 0.2) is 11.6 Å². The SMILES string of the molecule is CC(=CCNCC1CCC(O)C1)C(=O)O. The lowest BCUT2D eigenvalue weighted by atomic mass is 10.1. The third-order valence-electron chi connectivity index (χ3n) is 2.84. The Bertz CT molecular complexity index is 250. The second-order valence-corrected chi connectivity index (χ2v) is 4.18. The van der Waals surface area contributed by atoms with Gasteiger partial charge in [-0.05, 0) is 38.6 Å². The Morgan fingerprint density at radius 1 is 1.53 bits per heavy atom. The van der Waals surface area contributed by atoms with Crippen molar-refractivity contribution in [2.45, 2.75) is 32.3 Å². The lowest BCUT2D eigenvalue weighted by molar-refractivity contribution is -0.132. The van der Waals surface area contributed by atoms with Gasteiger partial charge in [-0.15, -0.1) is 0 Å². The molecule has 3 N–H and O–H groups in total. The van der Waals surface area contributed by atoms with Gasteiger partial charge in [0.2, 0.25) is 0 Å². The Balaban J connectivity index is 2.11. The van der Waals surface area contributed by atoms with Gasteiger partial charge in [-0.3, -0.25) is 0 Å². The molecule has 15 heavy (non-hydrogen) atoms. The number of carbonyl (C=O) groups is 1. The Hall–Kier alpha value is -0.870. The largest absolute Gasteiger partial charge is 0.478 e. The molecule has 0 aromatic carbocycles. The summed E-state index contributed by atoms with van der Waals surface area (Å²) >= 11 is 0. The molecule has 4 heteroatoms. The first kappa shape index (κ1) is 12.2. The lowest BCUT2D eigenvalue weighted by Crippen LogP contribution is -2.22. The van der Waals surface area contributed by atoms with Gasteiger partial charge >= 0.3 is 5.97 Å². The van der Waals surface area contributed by atoms with Crippen LogP contribution in [0.5, 0.6) is 0 Å². The van der Waals surface area contributed by atoms with E-state index in [2.05, 4.69) is 5.32 Å². The molecule has 0 heterocycles. The molecule has 2 atom stereocenters. The highest BCUT2D eigenvalue weighted by Gasteiger charge is 2.21. The summed E-state index contributed by atoms with van der Waals surface area (Å²) in [7, 11) is 0. The zero-order chi connectivity index (χ0) is 11.3. The van der Waals surface area contributed by atoms with Crippen LogP contribution in [0.2, 0.25) is 0 Å². The van der Waals surface area contributed by atoms with E-state index in [4.69, 9.17) is 5.11 Å². The summed E-state index contributed by atoms with van der Waals surface area (Å²) in [5, 5.41) is 21.1. The maximum atomic E-state index is 10.5. The van der Waals surface area contributed by atoms with Gasteiger partial charge < -0.3 is 15.5 Å². The average Bonchev–Trinajstić information content (AvgIpc) is 2.58. The van der Waals surface area contributed by atoms with Gasteiger partial charge in [-0.1, -0.05) is 6.08 Å². The standard InChI is InChI=1S/C11H19NO3/c1-8(11(14)15)4-5-12-7-9-2-3-10(13)6-9/h4,9-10,12-13H,2-3,5-7H2,1H3,(H,14,15). The first-order valence-electron chi connectivity index (χ1n) is 5.38. The minimum atomic E-state index is -0.868. The molecule has 1 saturated carbocycles. The summed E-state index contributed by atoms with van der Waals surface area (Å²) in [6.07, 6.45) is 4.38. The van der Waals surface area contributed by atoms with Crippen molar-refractivity contribution in [1.82, 2.24) is 5.32 Å². The van der Waals surface area contributed by atoms with Crippen LogP contribution >= 0.6 is 0 Å². The molecular formula is C11H19NO3. The van der Waals surface area contributed by atoms with Crippen molar-refractivity contribution in [3.63, 3.8) is 0 Å². The molecule has 4 nitrogen and oxygen atoms in total. The third kappa shape index (κ3) is 4.44. The van der Waals surface area contributed by atoms with Crippen molar-refractivity contribution >= 4 is 5.97 Å². The smallest absolute Gasteiger partial charge is 0.330 e. The van der Waals surface area contributed by atoms with Gasteiger partial charge in [-0.25, -0.2) is 4.79 Å². The highest BCUT2D eigenvalue weighted by atomic mass is 16.4. The van der Waals surface area contributed by atoms with E-state index >= 15 is 0 Å². The van der Waals surface area contributed by atoms with Gasteiger partial charge in [0.25, 0.3) is 0 Å². The predicted molar refractivity (Wildman–Crippen MR) is 57.6 cm³/mol. The minimum absolute atomic E-state index is 0.131. The minimum Gasteiger partial charge on any atom is -0.478 e. The van der Waals surface area contributed by atoms with E-state index in [1.165, 1.54) is 0 Å². The van der Waals surface area contributed by atoms with Crippen molar-refractivity contribution in [3.05, 3.63) is 11.6 Å². The zero-order valence-corrected chi connectivity index (χ0v) is 9.07. The molecule has 0 aromatic heterocycles. The van der Waals surface area contributed by atoms with Gasteiger partial charge in [0.05, 0.1) is 6.10 Å². The molecular weight excluding hydrogens is 194 g/mol. The second kappa shape index (κ2) is 5.88. The number of aliphatic carboxylic acids is 1. The van der Waals surface area contributed by atoms with E-state index in [1.54, 1.807) is 13.0 Å². The van der Waals surface area contributed by atoms with E-state index in [-0.39, 0.29) is 6.10 Å². The van der Waals surface area contributed by atoms with Gasteiger partial charge in [-0.2, -0.15) is 0 Å². The summed E-state index contributed by atoms with van der Waals surface area (Å²) in [6, 6.07) is 0. The van der Waals surface area contributed by atoms with Gasteiger partial charge in [0.15, 0.2) is 0 Å². The van der Waals surface area contributed by atoms with Crippen LogP contribution in [0, 0.1) is 5.92 Å². The fourth-order valence-electron chi connectivity index (χ4n) is 1.83. The highest BCUT2D eigenvalue weighted by molar-refractivity contribution is 5.85. The van der Waals surface area contributed by atoms with E-state index in [0.717, 1.165) is 25.8 Å². The molecule has 0 aromatic rings. The number of carboxylic acid groups (broad SMARTS) is 1. The molecule has 0 amide bonds. The molecule has 0 spiro atoms. The van der Waals surface area contributed by atoms with Crippen LogP contribution in [0.1, 0.15) is 26.2 Å². The number of hydrogen-bond donors (Lipinski definition) is 3. The first-order chi connectivity index (χ1) is 7.09. The summed E-state index contributed by atoms with van der Waals surface area (Å²) in [5.41, 5.74) is 0.369. The zero-order valence-electron chi connectivity index (χ0n) is 9.07. The van der Waals surface area contributed by atoms with Crippen LogP contribution in [-0.2, 0) is 4.79 Å². The molecule has 1 aliphatic rings. The third-order valence-corrected chi connectivity index (χ3v) is 2.84. The molecule has 0 bridgehead atoms. The van der Waals surface area contributed by atoms with Crippen molar-refractivity contribution in [3.8, 4) is 0 Å². The summed E-state index contributed by atoms with van der Waals surface area (Å²) < 4.78 is 0. The molecule has 0 radical (unpaired) electrons. The van der Waals surface area contributed by atoms with Crippen molar-refractivity contribution < 1.29 is 15.0 Å². The topological polar surface area (TPSA) is 69.6 Å². The maximum Gasteiger partial charge on any atom is 0.330 e. The van der Waals surface area contributed by atoms with E-state index < -0.39 is 5.97 Å². The van der Waals surface area contributed by atoms with Crippen molar-refractivity contribution in [2.24, 2.45) is 5.92 Å². The molecule has 1 aliphatic carbocycles. The average molecular weight is 213 g/mol. The quantitative estimate of drug-likeness (QED) is 0.466. The molecule has 86 valence electrons. The Kier molecular flexibility index (Phi) is 4.78. The maximum absolute atomic E-state index is 10.5. The number of aliphatic hydroxyl groups excluding tert-OH is 1. The molecule has 1 rings (SSSR count). The van der Waals surface area contributed by atoms with Crippen molar-refractivity contribution in [1.29, 1.82) is 0 Å². The van der Waals surface area contributed by atoms with Crippen LogP contribution in [0.3, 0.4) is 0 Å². The van der Waals surface area contributed by atoms with Gasteiger partial charge in [0.1, 0.15) is 0 Å². The fraction of sp³-hybridized carbons (Fsp3) is 0.727. The number of nitrogens with one attached hydrogen (secondary N) is 1. The Morgan fingerprint density at radius 2 is 2.27 bits per heavy atom. The second-order valence-electron chi connectivity index (χ2n) is 4.18. The van der Waals surface area contributed by atoms with E-state index in [9.17, 15) is 9.90 Å². The molecule has 0 aliphatic heterocycles. The van der Waals surface area contributed by atoms with E-state index in [1.807, 2.05) is 0 Å². The van der Waals surface area contributed by atoms with Crippen LogP contribution in [0.4, 0.5) is 0 Å².